The van der Waals surface area contributed by atoms with Crippen molar-refractivity contribution in [3.05, 3.63) is 0 Å². The molecule has 5 nitrogen and oxygen atoms in total. The van der Waals surface area contributed by atoms with Crippen LogP contribution in [0.1, 0.15) is 51.4 Å². The van der Waals surface area contributed by atoms with E-state index in [1.807, 2.05) is 0 Å². The summed E-state index contributed by atoms with van der Waals surface area (Å²) in [6.45, 7) is 0.854. The Morgan fingerprint density at radius 2 is 1.68 bits per heavy atom. The number of hydrogen-bond acceptors (Lipinski definition) is 4. The lowest BCUT2D eigenvalue weighted by molar-refractivity contribution is 0.0287. The first-order chi connectivity index (χ1) is 9.08. The van der Waals surface area contributed by atoms with Gasteiger partial charge in [-0.2, -0.15) is 0 Å². The fourth-order valence-electron chi connectivity index (χ4n) is 2.98. The standard InChI is InChI=1S/C13H26N2O3S/c14-11-5-7-12(8-6-11)18-10-9-15-19(16,17)13-3-1-2-4-13/h11-13,15H,1-10,14H2. The van der Waals surface area contributed by atoms with Gasteiger partial charge in [0.05, 0.1) is 18.0 Å². The van der Waals surface area contributed by atoms with Crippen LogP contribution < -0.4 is 10.5 Å². The van der Waals surface area contributed by atoms with Gasteiger partial charge in [-0.1, -0.05) is 12.8 Å². The van der Waals surface area contributed by atoms with E-state index in [-0.39, 0.29) is 11.4 Å². The van der Waals surface area contributed by atoms with Gasteiger partial charge in [0.1, 0.15) is 0 Å². The third-order valence-corrected chi connectivity index (χ3v) is 6.17. The zero-order valence-corrected chi connectivity index (χ0v) is 12.3. The Labute approximate surface area is 116 Å². The van der Waals surface area contributed by atoms with Gasteiger partial charge in [-0.3, -0.25) is 0 Å². The van der Waals surface area contributed by atoms with Gasteiger partial charge in [-0.25, -0.2) is 13.1 Å². The molecule has 0 radical (unpaired) electrons. The van der Waals surface area contributed by atoms with Crippen LogP contribution in [0.25, 0.3) is 0 Å². The molecule has 0 atom stereocenters. The second-order valence-electron chi connectivity index (χ2n) is 5.75. The Kier molecular flexibility index (Phi) is 5.62. The Morgan fingerprint density at radius 1 is 1.05 bits per heavy atom. The smallest absolute Gasteiger partial charge is 0.214 e. The number of sulfonamides is 1. The molecule has 0 saturated heterocycles. The number of rotatable bonds is 6. The topological polar surface area (TPSA) is 81.4 Å². The Bertz CT molecular complexity index is 358. The molecule has 3 N–H and O–H groups in total. The third-order valence-electron chi connectivity index (χ3n) is 4.22. The number of hydrogen-bond donors (Lipinski definition) is 2. The Balaban J connectivity index is 1.61. The van der Waals surface area contributed by atoms with Crippen LogP contribution in [0.15, 0.2) is 0 Å². The van der Waals surface area contributed by atoms with Gasteiger partial charge in [-0.15, -0.1) is 0 Å². The van der Waals surface area contributed by atoms with E-state index in [1.54, 1.807) is 0 Å². The van der Waals surface area contributed by atoms with Gasteiger partial charge in [0, 0.05) is 12.6 Å². The van der Waals surface area contributed by atoms with Gasteiger partial charge < -0.3 is 10.5 Å². The first-order valence-electron chi connectivity index (χ1n) is 7.43. The van der Waals surface area contributed by atoms with Gasteiger partial charge in [0.25, 0.3) is 0 Å². The monoisotopic (exact) mass is 290 g/mol. The minimum atomic E-state index is -3.12. The van der Waals surface area contributed by atoms with Crippen LogP contribution >= 0.6 is 0 Å². The Hall–Kier alpha value is -0.170. The lowest BCUT2D eigenvalue weighted by atomic mass is 9.94. The Morgan fingerprint density at radius 3 is 2.32 bits per heavy atom. The largest absolute Gasteiger partial charge is 0.377 e. The van der Waals surface area contributed by atoms with Crippen molar-refractivity contribution in [2.45, 2.75) is 68.8 Å². The van der Waals surface area contributed by atoms with Crippen molar-refractivity contribution in [3.63, 3.8) is 0 Å². The predicted molar refractivity (Wildman–Crippen MR) is 75.4 cm³/mol. The van der Waals surface area contributed by atoms with Crippen LogP contribution in [0.3, 0.4) is 0 Å². The summed E-state index contributed by atoms with van der Waals surface area (Å²) in [7, 11) is -3.12. The van der Waals surface area contributed by atoms with Crippen molar-refractivity contribution in [2.24, 2.45) is 5.73 Å². The van der Waals surface area contributed by atoms with E-state index in [1.165, 1.54) is 0 Å². The molecule has 112 valence electrons. The molecule has 0 unspecified atom stereocenters. The molecule has 0 heterocycles. The van der Waals surface area contributed by atoms with Crippen molar-refractivity contribution in [1.29, 1.82) is 0 Å². The summed E-state index contributed by atoms with van der Waals surface area (Å²) in [6.07, 6.45) is 7.95. The summed E-state index contributed by atoms with van der Waals surface area (Å²) in [5.74, 6) is 0. The van der Waals surface area contributed by atoms with E-state index in [9.17, 15) is 8.42 Å². The summed E-state index contributed by atoms with van der Waals surface area (Å²) in [5.41, 5.74) is 5.83. The summed E-state index contributed by atoms with van der Waals surface area (Å²) < 4.78 is 32.3. The third kappa shape index (κ3) is 4.70. The van der Waals surface area contributed by atoms with Gasteiger partial charge in [-0.05, 0) is 38.5 Å². The highest BCUT2D eigenvalue weighted by molar-refractivity contribution is 7.90. The minimum absolute atomic E-state index is 0.180. The van der Waals surface area contributed by atoms with Crippen LogP contribution in [0.5, 0.6) is 0 Å². The van der Waals surface area contributed by atoms with E-state index in [4.69, 9.17) is 10.5 Å². The van der Waals surface area contributed by atoms with Crippen LogP contribution in [-0.2, 0) is 14.8 Å². The molecule has 0 aliphatic heterocycles. The van der Waals surface area contributed by atoms with E-state index >= 15 is 0 Å². The summed E-state index contributed by atoms with van der Waals surface area (Å²) in [5, 5.41) is -0.180. The van der Waals surface area contributed by atoms with Crippen LogP contribution in [0.4, 0.5) is 0 Å². The molecule has 0 amide bonds. The molecular formula is C13H26N2O3S. The lowest BCUT2D eigenvalue weighted by Crippen LogP contribution is -2.36. The minimum Gasteiger partial charge on any atom is -0.377 e. The molecule has 6 heteroatoms. The number of nitrogens with one attached hydrogen (secondary N) is 1. The van der Waals surface area contributed by atoms with Crippen LogP contribution in [0, 0.1) is 0 Å². The van der Waals surface area contributed by atoms with Gasteiger partial charge in [0.2, 0.25) is 10.0 Å². The molecule has 2 aliphatic rings. The van der Waals surface area contributed by atoms with E-state index in [0.717, 1.165) is 51.4 Å². The second-order valence-corrected chi connectivity index (χ2v) is 7.80. The normalized spacial score (nSPS) is 29.7. The SMILES string of the molecule is NC1CCC(OCCNS(=O)(=O)C2CCCC2)CC1. The highest BCUT2D eigenvalue weighted by Gasteiger charge is 2.28. The molecule has 2 rings (SSSR count). The van der Waals surface area contributed by atoms with Crippen molar-refractivity contribution in [2.75, 3.05) is 13.2 Å². The number of nitrogens with two attached hydrogens (primary N) is 1. The molecule has 2 fully saturated rings. The first-order valence-corrected chi connectivity index (χ1v) is 8.98. The number of ether oxygens (including phenoxy) is 1. The average Bonchev–Trinajstić information content (AvgIpc) is 2.91. The van der Waals surface area contributed by atoms with Gasteiger partial charge >= 0.3 is 0 Å². The molecule has 0 aromatic heterocycles. The lowest BCUT2D eigenvalue weighted by Gasteiger charge is -2.26. The molecular weight excluding hydrogens is 264 g/mol. The highest BCUT2D eigenvalue weighted by atomic mass is 32.2. The van der Waals surface area contributed by atoms with Crippen LogP contribution in [-0.4, -0.2) is 39.0 Å². The quantitative estimate of drug-likeness (QED) is 0.719. The summed E-state index contributed by atoms with van der Waals surface area (Å²) in [4.78, 5) is 0. The predicted octanol–water partition coefficient (Wildman–Crippen LogP) is 1.13. The summed E-state index contributed by atoms with van der Waals surface area (Å²) >= 11 is 0. The highest BCUT2D eigenvalue weighted by Crippen LogP contribution is 2.24. The van der Waals surface area contributed by atoms with E-state index < -0.39 is 10.0 Å². The zero-order chi connectivity index (χ0) is 13.7. The molecule has 19 heavy (non-hydrogen) atoms. The first kappa shape index (κ1) is 15.2. The van der Waals surface area contributed by atoms with E-state index in [0.29, 0.717) is 19.2 Å². The maximum atomic E-state index is 11.9. The fourth-order valence-corrected chi connectivity index (χ4v) is 4.54. The summed E-state index contributed by atoms with van der Waals surface area (Å²) in [6, 6.07) is 0.320. The molecule has 0 spiro atoms. The second kappa shape index (κ2) is 7.02. The van der Waals surface area contributed by atoms with Gasteiger partial charge in [0.15, 0.2) is 0 Å². The molecule has 2 saturated carbocycles. The van der Waals surface area contributed by atoms with Crippen molar-refractivity contribution >= 4 is 10.0 Å². The van der Waals surface area contributed by atoms with Crippen molar-refractivity contribution in [3.8, 4) is 0 Å². The molecule has 2 aliphatic carbocycles. The molecule has 0 aromatic rings. The molecule has 0 bridgehead atoms. The molecule has 0 aromatic carbocycles. The average molecular weight is 290 g/mol. The fraction of sp³-hybridized carbons (Fsp3) is 1.00. The zero-order valence-electron chi connectivity index (χ0n) is 11.5. The van der Waals surface area contributed by atoms with Crippen molar-refractivity contribution < 1.29 is 13.2 Å². The maximum absolute atomic E-state index is 11.9. The maximum Gasteiger partial charge on any atom is 0.214 e. The van der Waals surface area contributed by atoms with E-state index in [2.05, 4.69) is 4.72 Å². The van der Waals surface area contributed by atoms with Crippen LogP contribution in [0.2, 0.25) is 0 Å². The van der Waals surface area contributed by atoms with Crippen molar-refractivity contribution in [1.82, 2.24) is 4.72 Å².